The molecule has 0 bridgehead atoms. The van der Waals surface area contributed by atoms with E-state index in [2.05, 4.69) is 0 Å². The lowest BCUT2D eigenvalue weighted by atomic mass is 10.2. The first-order valence-corrected chi connectivity index (χ1v) is 3.18. The molecule has 1 heterocycles. The van der Waals surface area contributed by atoms with Crippen molar-refractivity contribution in [3.8, 4) is 0 Å². The lowest BCUT2D eigenvalue weighted by Crippen LogP contribution is -3.09. The highest BCUT2D eigenvalue weighted by molar-refractivity contribution is 5.71. The van der Waals surface area contributed by atoms with Gasteiger partial charge in [0.1, 0.15) is 19.6 Å². The molecule has 1 fully saturated rings. The normalized spacial score (nSPS) is 27.8. The Morgan fingerprint density at radius 1 is 1.56 bits per heavy atom. The molecule has 9 heavy (non-hydrogen) atoms. The molecule has 1 saturated heterocycles. The third-order valence-corrected chi connectivity index (χ3v) is 1.56. The number of nitrogens with two attached hydrogens (primary N) is 2. The van der Waals surface area contributed by atoms with E-state index < -0.39 is 5.97 Å². The molecule has 0 aromatic rings. The van der Waals surface area contributed by atoms with E-state index in [0.29, 0.717) is 0 Å². The van der Waals surface area contributed by atoms with E-state index in [9.17, 15) is 4.79 Å². The maximum Gasteiger partial charge on any atom is 0.368 e. The molecule has 4 heteroatoms. The lowest BCUT2D eigenvalue weighted by molar-refractivity contribution is -0.802. The summed E-state index contributed by atoms with van der Waals surface area (Å²) < 4.78 is 0. The first-order valence-electron chi connectivity index (χ1n) is 3.18. The van der Waals surface area contributed by atoms with Crippen molar-refractivity contribution in [1.29, 1.82) is 0 Å². The maximum atomic E-state index is 10.3. The molecule has 5 N–H and O–H groups in total. The fourth-order valence-corrected chi connectivity index (χ4v) is 1.01. The van der Waals surface area contributed by atoms with Crippen molar-refractivity contribution in [3.63, 3.8) is 0 Å². The Kier molecular flexibility index (Phi) is 2.02. The van der Waals surface area contributed by atoms with E-state index in [1.807, 2.05) is 10.6 Å². The standard InChI is InChI=1S/C5H10N2O2/c8-5(9)4-3-6-1-2-7-4/h4,6-7H,1-3H2,(H,8,9)/p+2. The number of aliphatic carboxylic acids is 1. The van der Waals surface area contributed by atoms with Gasteiger partial charge in [0.2, 0.25) is 6.04 Å². The third-order valence-electron chi connectivity index (χ3n) is 1.56. The van der Waals surface area contributed by atoms with E-state index in [0.717, 1.165) is 19.6 Å². The highest BCUT2D eigenvalue weighted by Crippen LogP contribution is 1.70. The van der Waals surface area contributed by atoms with Crippen LogP contribution in [0.25, 0.3) is 0 Å². The number of hydrogen-bond donors (Lipinski definition) is 3. The van der Waals surface area contributed by atoms with Gasteiger partial charge in [0, 0.05) is 0 Å². The molecule has 52 valence electrons. The van der Waals surface area contributed by atoms with Gasteiger partial charge in [-0.05, 0) is 0 Å². The Morgan fingerprint density at radius 2 is 2.33 bits per heavy atom. The van der Waals surface area contributed by atoms with E-state index in [1.165, 1.54) is 0 Å². The first-order chi connectivity index (χ1) is 4.30. The fraction of sp³-hybridized carbons (Fsp3) is 0.800. The van der Waals surface area contributed by atoms with Crippen molar-refractivity contribution in [2.75, 3.05) is 19.6 Å². The summed E-state index contributed by atoms with van der Waals surface area (Å²) in [6.45, 7) is 2.69. The zero-order chi connectivity index (χ0) is 6.69. The highest BCUT2D eigenvalue weighted by Gasteiger charge is 2.25. The monoisotopic (exact) mass is 132 g/mol. The Morgan fingerprint density at radius 3 is 2.67 bits per heavy atom. The van der Waals surface area contributed by atoms with Crippen LogP contribution in [0.2, 0.25) is 0 Å². The Hall–Kier alpha value is -0.610. The largest absolute Gasteiger partial charge is 0.477 e. The molecular weight excluding hydrogens is 120 g/mol. The van der Waals surface area contributed by atoms with Crippen LogP contribution in [0.3, 0.4) is 0 Å². The van der Waals surface area contributed by atoms with Gasteiger partial charge in [-0.3, -0.25) is 0 Å². The Bertz CT molecular complexity index is 110. The lowest BCUT2D eigenvalue weighted by Gasteiger charge is -2.13. The maximum absolute atomic E-state index is 10.3. The van der Waals surface area contributed by atoms with Gasteiger partial charge in [-0.25, -0.2) is 4.79 Å². The number of carboxylic acids is 1. The van der Waals surface area contributed by atoms with Gasteiger partial charge in [0.15, 0.2) is 0 Å². The van der Waals surface area contributed by atoms with Crippen LogP contribution in [0.4, 0.5) is 0 Å². The van der Waals surface area contributed by atoms with Crippen LogP contribution in [0.15, 0.2) is 0 Å². The zero-order valence-corrected chi connectivity index (χ0v) is 5.21. The number of hydrogen-bond acceptors (Lipinski definition) is 1. The molecule has 1 aliphatic rings. The molecule has 0 aromatic heterocycles. The highest BCUT2D eigenvalue weighted by atomic mass is 16.4. The number of quaternary nitrogens is 2. The number of carbonyl (C=O) groups is 1. The summed E-state index contributed by atoms with van der Waals surface area (Å²) in [6.07, 6.45) is 0. The van der Waals surface area contributed by atoms with Crippen molar-refractivity contribution < 1.29 is 20.5 Å². The molecule has 0 amide bonds. The molecule has 0 spiro atoms. The van der Waals surface area contributed by atoms with E-state index in [1.54, 1.807) is 0 Å². The minimum Gasteiger partial charge on any atom is -0.477 e. The van der Waals surface area contributed by atoms with Crippen LogP contribution in [0.1, 0.15) is 0 Å². The summed E-state index contributed by atoms with van der Waals surface area (Å²) in [5.74, 6) is -0.689. The summed E-state index contributed by atoms with van der Waals surface area (Å²) in [4.78, 5) is 10.3. The van der Waals surface area contributed by atoms with Crippen LogP contribution < -0.4 is 10.6 Å². The molecule has 1 atom stereocenters. The van der Waals surface area contributed by atoms with Crippen LogP contribution in [0, 0.1) is 0 Å². The second-order valence-corrected chi connectivity index (χ2v) is 2.28. The SMILES string of the molecule is O=C(O)C1C[NH2+]CC[NH2+]1. The van der Waals surface area contributed by atoms with Gasteiger partial charge in [0.25, 0.3) is 0 Å². The summed E-state index contributed by atoms with van der Waals surface area (Å²) >= 11 is 0. The molecule has 0 aromatic carbocycles. The quantitative estimate of drug-likeness (QED) is 0.348. The topological polar surface area (TPSA) is 70.5 Å². The van der Waals surface area contributed by atoms with Crippen molar-refractivity contribution in [1.82, 2.24) is 0 Å². The molecule has 1 aliphatic heterocycles. The minimum absolute atomic E-state index is 0.209. The molecule has 1 rings (SSSR count). The number of rotatable bonds is 1. The number of carboxylic acid groups (broad SMARTS) is 1. The molecule has 0 aliphatic carbocycles. The summed E-state index contributed by atoms with van der Waals surface area (Å²) in [6, 6.07) is -0.209. The first kappa shape index (κ1) is 6.51. The molecule has 1 unspecified atom stereocenters. The second kappa shape index (κ2) is 2.80. The predicted octanol–water partition coefficient (Wildman–Crippen LogP) is -3.42. The fourth-order valence-electron chi connectivity index (χ4n) is 1.01. The van der Waals surface area contributed by atoms with E-state index in [-0.39, 0.29) is 6.04 Å². The van der Waals surface area contributed by atoms with Gasteiger partial charge in [0.05, 0.1) is 0 Å². The average molecular weight is 132 g/mol. The molecule has 0 radical (unpaired) electrons. The second-order valence-electron chi connectivity index (χ2n) is 2.28. The van der Waals surface area contributed by atoms with Crippen LogP contribution in [-0.4, -0.2) is 36.8 Å². The van der Waals surface area contributed by atoms with Gasteiger partial charge >= 0.3 is 5.97 Å². The third kappa shape index (κ3) is 1.65. The smallest absolute Gasteiger partial charge is 0.368 e. The molecule has 4 nitrogen and oxygen atoms in total. The van der Waals surface area contributed by atoms with Gasteiger partial charge in [-0.1, -0.05) is 0 Å². The van der Waals surface area contributed by atoms with Crippen molar-refractivity contribution in [2.45, 2.75) is 6.04 Å². The van der Waals surface area contributed by atoms with Crippen LogP contribution >= 0.6 is 0 Å². The summed E-state index contributed by atoms with van der Waals surface area (Å²) in [7, 11) is 0. The predicted molar refractivity (Wildman–Crippen MR) is 29.9 cm³/mol. The molecule has 0 saturated carbocycles. The summed E-state index contributed by atoms with van der Waals surface area (Å²) in [5.41, 5.74) is 0. The number of piperazine rings is 1. The Labute approximate surface area is 53.2 Å². The van der Waals surface area contributed by atoms with Crippen molar-refractivity contribution in [3.05, 3.63) is 0 Å². The minimum atomic E-state index is -0.689. The van der Waals surface area contributed by atoms with E-state index >= 15 is 0 Å². The molecular formula is C5H12N2O2+2. The Balaban J connectivity index is 2.31. The zero-order valence-electron chi connectivity index (χ0n) is 5.21. The van der Waals surface area contributed by atoms with E-state index in [4.69, 9.17) is 5.11 Å². The van der Waals surface area contributed by atoms with Gasteiger partial charge < -0.3 is 15.7 Å². The summed E-state index contributed by atoms with van der Waals surface area (Å²) in [5, 5.41) is 12.4. The van der Waals surface area contributed by atoms with Crippen LogP contribution in [-0.2, 0) is 4.79 Å². The van der Waals surface area contributed by atoms with Gasteiger partial charge in [-0.15, -0.1) is 0 Å². The van der Waals surface area contributed by atoms with Crippen molar-refractivity contribution in [2.24, 2.45) is 0 Å². The average Bonchev–Trinajstić information content (AvgIpc) is 1.90. The van der Waals surface area contributed by atoms with Gasteiger partial charge in [-0.2, -0.15) is 0 Å². The van der Waals surface area contributed by atoms with Crippen molar-refractivity contribution >= 4 is 5.97 Å². The van der Waals surface area contributed by atoms with Crippen LogP contribution in [0.5, 0.6) is 0 Å².